The molecule has 8 heteroatoms. The Labute approximate surface area is 134 Å². The summed E-state index contributed by atoms with van der Waals surface area (Å²) in [6.07, 6.45) is 1.40. The van der Waals surface area contributed by atoms with E-state index in [1.54, 1.807) is 5.38 Å². The molecule has 0 unspecified atom stereocenters. The maximum Gasteiger partial charge on any atom is 0.342 e. The van der Waals surface area contributed by atoms with Crippen LogP contribution < -0.4 is 0 Å². The van der Waals surface area contributed by atoms with E-state index >= 15 is 0 Å². The number of hydrogen-bond acceptors (Lipinski definition) is 6. The number of hydrogen-bond donors (Lipinski definition) is 1. The zero-order valence-corrected chi connectivity index (χ0v) is 12.6. The number of H-pyrrole nitrogens is 1. The van der Waals surface area contributed by atoms with Gasteiger partial charge in [-0.05, 0) is 0 Å². The van der Waals surface area contributed by atoms with Gasteiger partial charge in [-0.15, -0.1) is 0 Å². The number of rotatable bonds is 5. The number of ether oxygens (including phenoxy) is 1. The molecular formula is C15H11N3O4S. The summed E-state index contributed by atoms with van der Waals surface area (Å²) in [4.78, 5) is 22.4. The van der Waals surface area contributed by atoms with E-state index in [9.17, 15) is 14.9 Å². The molecule has 0 amide bonds. The van der Waals surface area contributed by atoms with Gasteiger partial charge >= 0.3 is 11.0 Å². The number of thiophene rings is 1. The Morgan fingerprint density at radius 3 is 2.83 bits per heavy atom. The third-order valence-electron chi connectivity index (χ3n) is 3.11. The van der Waals surface area contributed by atoms with Crippen LogP contribution in [0.1, 0.15) is 15.9 Å². The number of carbonyl (C=O) groups excluding carboxylic acids is 1. The zero-order chi connectivity index (χ0) is 16.2. The van der Waals surface area contributed by atoms with E-state index in [1.165, 1.54) is 12.3 Å². The summed E-state index contributed by atoms with van der Waals surface area (Å²) in [6.45, 7) is -0.0252. The van der Waals surface area contributed by atoms with Crippen LogP contribution in [0.2, 0.25) is 0 Å². The van der Waals surface area contributed by atoms with Crippen molar-refractivity contribution in [1.29, 1.82) is 0 Å². The number of nitro groups is 1. The highest BCUT2D eigenvalue weighted by molar-refractivity contribution is 7.13. The first-order chi connectivity index (χ1) is 11.1. The summed E-state index contributed by atoms with van der Waals surface area (Å²) in [6, 6.07) is 10.7. The second-order valence-corrected chi connectivity index (χ2v) is 5.54. The van der Waals surface area contributed by atoms with E-state index in [4.69, 9.17) is 4.74 Å². The molecule has 0 aliphatic carbocycles. The standard InChI is InChI=1S/C15H11N3O4S/c19-15(22-8-10-6-13(18(20)21)23-9-10)12-7-16-17-14(12)11-4-2-1-3-5-11/h1-7,9H,8H2,(H,16,17). The van der Waals surface area contributed by atoms with Crippen molar-refractivity contribution in [3.05, 3.63) is 69.2 Å². The van der Waals surface area contributed by atoms with Gasteiger partial charge in [0.25, 0.3) is 0 Å². The van der Waals surface area contributed by atoms with Crippen molar-refractivity contribution in [2.45, 2.75) is 6.61 Å². The van der Waals surface area contributed by atoms with Gasteiger partial charge in [0.15, 0.2) is 0 Å². The number of aromatic amines is 1. The van der Waals surface area contributed by atoms with Crippen molar-refractivity contribution >= 4 is 22.3 Å². The molecule has 1 N–H and O–H groups in total. The Morgan fingerprint density at radius 1 is 1.35 bits per heavy atom. The first-order valence-electron chi connectivity index (χ1n) is 6.63. The highest BCUT2D eigenvalue weighted by Gasteiger charge is 2.17. The summed E-state index contributed by atoms with van der Waals surface area (Å²) < 4.78 is 5.21. The number of nitrogens with one attached hydrogen (secondary N) is 1. The Kier molecular flexibility index (Phi) is 4.15. The van der Waals surface area contributed by atoms with Gasteiger partial charge in [-0.25, -0.2) is 4.79 Å². The Bertz CT molecular complexity index is 841. The van der Waals surface area contributed by atoms with Crippen LogP contribution >= 0.6 is 11.3 Å². The Hall–Kier alpha value is -3.00. The van der Waals surface area contributed by atoms with Crippen LogP contribution in [0.15, 0.2) is 48.0 Å². The van der Waals surface area contributed by atoms with Crippen molar-refractivity contribution < 1.29 is 14.5 Å². The highest BCUT2D eigenvalue weighted by Crippen LogP contribution is 2.24. The fraction of sp³-hybridized carbons (Fsp3) is 0.0667. The maximum atomic E-state index is 12.2. The smallest absolute Gasteiger partial charge is 0.342 e. The van der Waals surface area contributed by atoms with Gasteiger partial charge in [-0.3, -0.25) is 15.2 Å². The SMILES string of the molecule is O=C(OCc1csc([N+](=O)[O-])c1)c1cn[nH]c1-c1ccccc1. The minimum absolute atomic E-state index is 0.0179. The van der Waals surface area contributed by atoms with Crippen LogP contribution in [-0.2, 0) is 11.3 Å². The second kappa shape index (κ2) is 6.41. The lowest BCUT2D eigenvalue weighted by atomic mass is 10.1. The second-order valence-electron chi connectivity index (χ2n) is 4.65. The molecule has 0 aliphatic heterocycles. The number of benzene rings is 1. The summed E-state index contributed by atoms with van der Waals surface area (Å²) in [7, 11) is 0. The van der Waals surface area contributed by atoms with Crippen molar-refractivity contribution in [3.8, 4) is 11.3 Å². The number of carbonyl (C=O) groups is 1. The van der Waals surface area contributed by atoms with Crippen molar-refractivity contribution in [3.63, 3.8) is 0 Å². The lowest BCUT2D eigenvalue weighted by Gasteiger charge is -2.04. The number of aromatic nitrogens is 2. The molecule has 1 aromatic carbocycles. The first kappa shape index (κ1) is 14.9. The van der Waals surface area contributed by atoms with E-state index in [2.05, 4.69) is 10.2 Å². The van der Waals surface area contributed by atoms with Crippen molar-refractivity contribution in [1.82, 2.24) is 10.2 Å². The van der Waals surface area contributed by atoms with E-state index in [1.807, 2.05) is 30.3 Å². The molecular weight excluding hydrogens is 318 g/mol. The molecule has 0 atom stereocenters. The zero-order valence-electron chi connectivity index (χ0n) is 11.8. The lowest BCUT2D eigenvalue weighted by molar-refractivity contribution is -0.380. The van der Waals surface area contributed by atoms with E-state index in [0.717, 1.165) is 16.9 Å². The van der Waals surface area contributed by atoms with Gasteiger partial charge in [0.1, 0.15) is 12.2 Å². The molecule has 0 saturated carbocycles. The molecule has 0 aliphatic rings. The van der Waals surface area contributed by atoms with Crippen molar-refractivity contribution in [2.75, 3.05) is 0 Å². The van der Waals surface area contributed by atoms with Gasteiger partial charge in [0.2, 0.25) is 0 Å². The van der Waals surface area contributed by atoms with Crippen LogP contribution in [0.4, 0.5) is 5.00 Å². The Morgan fingerprint density at radius 2 is 2.13 bits per heavy atom. The topological polar surface area (TPSA) is 98.1 Å². The summed E-state index contributed by atoms with van der Waals surface area (Å²) >= 11 is 0.998. The fourth-order valence-electron chi connectivity index (χ4n) is 2.03. The molecule has 3 aromatic rings. The average molecular weight is 329 g/mol. The minimum Gasteiger partial charge on any atom is -0.457 e. The molecule has 0 radical (unpaired) electrons. The van der Waals surface area contributed by atoms with Gasteiger partial charge < -0.3 is 4.74 Å². The largest absolute Gasteiger partial charge is 0.457 e. The average Bonchev–Trinajstić information content (AvgIpc) is 3.23. The molecule has 7 nitrogen and oxygen atoms in total. The lowest BCUT2D eigenvalue weighted by Crippen LogP contribution is -2.05. The molecule has 3 rings (SSSR count). The summed E-state index contributed by atoms with van der Waals surface area (Å²) in [5, 5.41) is 18.9. The predicted octanol–water partition coefficient (Wildman–Crippen LogP) is 3.40. The monoisotopic (exact) mass is 329 g/mol. The maximum absolute atomic E-state index is 12.2. The predicted molar refractivity (Wildman–Crippen MR) is 84.1 cm³/mol. The van der Waals surface area contributed by atoms with Gasteiger partial charge in [0.05, 0.1) is 16.8 Å². The molecule has 0 fully saturated rings. The Balaban J connectivity index is 1.72. The number of nitrogens with zero attached hydrogens (tertiary/aromatic N) is 2. The quantitative estimate of drug-likeness (QED) is 0.439. The van der Waals surface area contributed by atoms with E-state index in [-0.39, 0.29) is 11.6 Å². The first-order valence-corrected chi connectivity index (χ1v) is 7.51. The number of esters is 1. The molecule has 2 aromatic heterocycles. The molecule has 0 spiro atoms. The van der Waals surface area contributed by atoms with Crippen molar-refractivity contribution in [2.24, 2.45) is 0 Å². The summed E-state index contributed by atoms with van der Waals surface area (Å²) in [5.41, 5.74) is 2.30. The third-order valence-corrected chi connectivity index (χ3v) is 4.04. The van der Waals surface area contributed by atoms with Gasteiger partial charge in [-0.1, -0.05) is 41.7 Å². The molecule has 116 valence electrons. The highest BCUT2D eigenvalue weighted by atomic mass is 32.1. The van der Waals surface area contributed by atoms with Crippen LogP contribution in [0.25, 0.3) is 11.3 Å². The molecule has 2 heterocycles. The molecule has 23 heavy (non-hydrogen) atoms. The van der Waals surface area contributed by atoms with Gasteiger partial charge in [-0.2, -0.15) is 5.10 Å². The normalized spacial score (nSPS) is 10.4. The fourth-order valence-corrected chi connectivity index (χ4v) is 2.74. The van der Waals surface area contributed by atoms with Crippen LogP contribution in [0, 0.1) is 10.1 Å². The van der Waals surface area contributed by atoms with Crippen LogP contribution in [0.3, 0.4) is 0 Å². The third kappa shape index (κ3) is 3.27. The summed E-state index contributed by atoms with van der Waals surface area (Å²) in [5.74, 6) is -0.536. The van der Waals surface area contributed by atoms with Crippen LogP contribution in [0.5, 0.6) is 0 Å². The van der Waals surface area contributed by atoms with E-state index < -0.39 is 10.9 Å². The minimum atomic E-state index is -0.536. The molecule has 0 saturated heterocycles. The van der Waals surface area contributed by atoms with Gasteiger partial charge in [0, 0.05) is 22.6 Å². The van der Waals surface area contributed by atoms with E-state index in [0.29, 0.717) is 16.8 Å². The van der Waals surface area contributed by atoms with Crippen LogP contribution in [-0.4, -0.2) is 21.1 Å². The molecule has 0 bridgehead atoms.